The predicted octanol–water partition coefficient (Wildman–Crippen LogP) is 5.47. The number of carbonyl (C=O) groups is 1. The summed E-state index contributed by atoms with van der Waals surface area (Å²) in [5.74, 6) is 2.66. The number of pyridine rings is 1. The minimum absolute atomic E-state index is 0.00881. The normalized spacial score (nSPS) is 11.4. The predicted molar refractivity (Wildman–Crippen MR) is 127 cm³/mol. The van der Waals surface area contributed by atoms with Crippen LogP contribution >= 0.6 is 23.5 Å². The summed E-state index contributed by atoms with van der Waals surface area (Å²) >= 11 is 3.08. The Morgan fingerprint density at radius 2 is 2.11 bits per heavy atom. The molecular formula is C23H28N2OS2. The molecule has 0 spiro atoms. The number of hydrogen-bond acceptors (Lipinski definition) is 4. The van der Waals surface area contributed by atoms with Gasteiger partial charge < -0.3 is 5.32 Å². The standard InChI is InChI=1S/C13H11N.C10H17NOS2/c1-4-11-7-12-6-9(2)5-10(3)13(12)14-8-11;1-5-6-14-8(2)7-11-10(12)9(3)13-4/h1,5-8H,2-3H3;5-6,9H,2,7H2,1,3-4H3,(H,11,12)/b;6-5-. The first-order chi connectivity index (χ1) is 13.3. The van der Waals surface area contributed by atoms with E-state index in [0.29, 0.717) is 6.54 Å². The average molecular weight is 413 g/mol. The smallest absolute Gasteiger partial charge is 0.233 e. The molecule has 3 nitrogen and oxygen atoms in total. The summed E-state index contributed by atoms with van der Waals surface area (Å²) in [6.07, 6.45) is 10.9. The third kappa shape index (κ3) is 7.84. The van der Waals surface area contributed by atoms with Gasteiger partial charge in [-0.25, -0.2) is 0 Å². The van der Waals surface area contributed by atoms with E-state index in [0.717, 1.165) is 21.4 Å². The molecule has 1 aromatic carbocycles. The first-order valence-electron chi connectivity index (χ1n) is 8.92. The van der Waals surface area contributed by atoms with E-state index in [2.05, 4.69) is 48.8 Å². The van der Waals surface area contributed by atoms with Crippen molar-refractivity contribution in [1.29, 1.82) is 0 Å². The summed E-state index contributed by atoms with van der Waals surface area (Å²) in [7, 11) is 0. The molecule has 0 fully saturated rings. The summed E-state index contributed by atoms with van der Waals surface area (Å²) in [4.78, 5) is 16.7. The van der Waals surface area contributed by atoms with Crippen LogP contribution in [-0.4, -0.2) is 28.9 Å². The van der Waals surface area contributed by atoms with Crippen LogP contribution in [0.1, 0.15) is 30.5 Å². The van der Waals surface area contributed by atoms with Crippen molar-refractivity contribution < 1.29 is 4.79 Å². The Morgan fingerprint density at radius 3 is 2.71 bits per heavy atom. The zero-order chi connectivity index (χ0) is 21.1. The quantitative estimate of drug-likeness (QED) is 0.639. The van der Waals surface area contributed by atoms with E-state index in [1.54, 1.807) is 18.0 Å². The molecular weight excluding hydrogens is 384 g/mol. The second-order valence-electron chi connectivity index (χ2n) is 6.24. The van der Waals surface area contributed by atoms with Crippen LogP contribution in [0.3, 0.4) is 0 Å². The fourth-order valence-electron chi connectivity index (χ4n) is 2.34. The highest BCUT2D eigenvalue weighted by Crippen LogP contribution is 2.19. The number of terminal acetylenes is 1. The molecule has 0 aliphatic rings. The van der Waals surface area contributed by atoms with Crippen molar-refractivity contribution in [3.8, 4) is 12.3 Å². The second-order valence-corrected chi connectivity index (χ2v) is 8.51. The lowest BCUT2D eigenvalue weighted by molar-refractivity contribution is -0.120. The number of nitrogens with zero attached hydrogens (tertiary/aromatic N) is 1. The zero-order valence-electron chi connectivity index (χ0n) is 17.2. The highest BCUT2D eigenvalue weighted by Gasteiger charge is 2.09. The number of nitrogens with one attached hydrogen (secondary N) is 1. The summed E-state index contributed by atoms with van der Waals surface area (Å²) in [5, 5.41) is 5.91. The van der Waals surface area contributed by atoms with Gasteiger partial charge in [0.25, 0.3) is 0 Å². The van der Waals surface area contributed by atoms with Crippen LogP contribution < -0.4 is 5.32 Å². The molecule has 1 amide bonds. The number of aryl methyl sites for hydroxylation is 2. The lowest BCUT2D eigenvalue weighted by Crippen LogP contribution is -2.31. The Balaban J connectivity index is 0.000000280. The van der Waals surface area contributed by atoms with Gasteiger partial charge in [0.05, 0.1) is 10.8 Å². The SMILES string of the molecule is C#Cc1cnc2c(C)cc(C)cc2c1.C=C(CNC(=O)C(C)SC)S/C=C\C. The van der Waals surface area contributed by atoms with E-state index in [4.69, 9.17) is 6.42 Å². The number of rotatable bonds is 6. The number of benzene rings is 1. The molecule has 5 heteroatoms. The molecule has 148 valence electrons. The number of allylic oxidation sites excluding steroid dienone is 1. The van der Waals surface area contributed by atoms with Crippen LogP contribution in [0.4, 0.5) is 0 Å². The Hall–Kier alpha value is -2.16. The summed E-state index contributed by atoms with van der Waals surface area (Å²) < 4.78 is 0. The van der Waals surface area contributed by atoms with E-state index >= 15 is 0 Å². The van der Waals surface area contributed by atoms with Crippen molar-refractivity contribution in [3.63, 3.8) is 0 Å². The van der Waals surface area contributed by atoms with E-state index < -0.39 is 0 Å². The number of hydrogen-bond donors (Lipinski definition) is 1. The number of carbonyl (C=O) groups excluding carboxylic acids is 1. The Morgan fingerprint density at radius 1 is 1.39 bits per heavy atom. The Labute approximate surface area is 177 Å². The Bertz CT molecular complexity index is 897. The maximum Gasteiger partial charge on any atom is 0.233 e. The highest BCUT2D eigenvalue weighted by atomic mass is 32.2. The number of fused-ring (bicyclic) bond motifs is 1. The van der Waals surface area contributed by atoms with Gasteiger partial charge in [-0.3, -0.25) is 9.78 Å². The van der Waals surface area contributed by atoms with Gasteiger partial charge in [0, 0.05) is 28.6 Å². The molecule has 1 aromatic heterocycles. The van der Waals surface area contributed by atoms with Gasteiger partial charge >= 0.3 is 0 Å². The van der Waals surface area contributed by atoms with Crippen molar-refractivity contribution in [1.82, 2.24) is 10.3 Å². The van der Waals surface area contributed by atoms with Gasteiger partial charge in [0.15, 0.2) is 0 Å². The van der Waals surface area contributed by atoms with E-state index in [-0.39, 0.29) is 11.2 Å². The summed E-state index contributed by atoms with van der Waals surface area (Å²) in [6, 6.07) is 6.24. The third-order valence-corrected chi connectivity index (χ3v) is 5.65. The van der Waals surface area contributed by atoms with Crippen LogP contribution in [0, 0.1) is 26.2 Å². The fourth-order valence-corrected chi connectivity index (χ4v) is 3.12. The summed E-state index contributed by atoms with van der Waals surface area (Å²) in [5.41, 5.74) is 4.31. The van der Waals surface area contributed by atoms with Crippen molar-refractivity contribution in [3.05, 3.63) is 64.1 Å². The maximum atomic E-state index is 11.4. The van der Waals surface area contributed by atoms with Crippen LogP contribution in [0.5, 0.6) is 0 Å². The number of aromatic nitrogens is 1. The molecule has 1 atom stereocenters. The second kappa shape index (κ2) is 12.3. The largest absolute Gasteiger partial charge is 0.351 e. The maximum absolute atomic E-state index is 11.4. The van der Waals surface area contributed by atoms with Crippen molar-refractivity contribution in [2.24, 2.45) is 0 Å². The molecule has 2 rings (SSSR count). The van der Waals surface area contributed by atoms with Crippen LogP contribution in [0.2, 0.25) is 0 Å². The molecule has 1 heterocycles. The highest BCUT2D eigenvalue weighted by molar-refractivity contribution is 8.05. The molecule has 0 saturated heterocycles. The minimum atomic E-state index is 0.00881. The van der Waals surface area contributed by atoms with Crippen LogP contribution in [-0.2, 0) is 4.79 Å². The van der Waals surface area contributed by atoms with Gasteiger partial charge in [0.1, 0.15) is 0 Å². The average Bonchev–Trinajstić information content (AvgIpc) is 2.69. The minimum Gasteiger partial charge on any atom is -0.351 e. The van der Waals surface area contributed by atoms with Crippen molar-refractivity contribution in [2.75, 3.05) is 12.8 Å². The fraction of sp³-hybridized carbons (Fsp3) is 0.304. The van der Waals surface area contributed by atoms with Crippen LogP contribution in [0.15, 0.2) is 47.4 Å². The topological polar surface area (TPSA) is 42.0 Å². The third-order valence-electron chi connectivity index (χ3n) is 3.84. The molecule has 0 aliphatic heterocycles. The van der Waals surface area contributed by atoms with Crippen molar-refractivity contribution >= 4 is 40.3 Å². The molecule has 0 aliphatic carbocycles. The zero-order valence-corrected chi connectivity index (χ0v) is 18.8. The molecule has 1 unspecified atom stereocenters. The molecule has 2 aromatic rings. The monoisotopic (exact) mass is 412 g/mol. The lowest BCUT2D eigenvalue weighted by atomic mass is 10.1. The lowest BCUT2D eigenvalue weighted by Gasteiger charge is -2.09. The van der Waals surface area contributed by atoms with Gasteiger partial charge in [-0.15, -0.1) is 18.2 Å². The molecule has 0 radical (unpaired) electrons. The molecule has 1 N–H and O–H groups in total. The Kier molecular flexibility index (Phi) is 10.5. The summed E-state index contributed by atoms with van der Waals surface area (Å²) in [6.45, 7) is 12.4. The number of thioether (sulfide) groups is 2. The number of amides is 1. The van der Waals surface area contributed by atoms with Gasteiger partial charge in [0.2, 0.25) is 5.91 Å². The first kappa shape index (κ1) is 23.9. The van der Waals surface area contributed by atoms with E-state index in [9.17, 15) is 4.79 Å². The molecule has 0 bridgehead atoms. The van der Waals surface area contributed by atoms with Crippen molar-refractivity contribution in [2.45, 2.75) is 32.9 Å². The van der Waals surface area contributed by atoms with Gasteiger partial charge in [-0.1, -0.05) is 30.2 Å². The van der Waals surface area contributed by atoms with Crippen LogP contribution in [0.25, 0.3) is 10.9 Å². The molecule has 0 saturated carbocycles. The van der Waals surface area contributed by atoms with Gasteiger partial charge in [-0.05, 0) is 57.1 Å². The van der Waals surface area contributed by atoms with Gasteiger partial charge in [-0.2, -0.15) is 11.8 Å². The van der Waals surface area contributed by atoms with E-state index in [1.807, 2.05) is 37.7 Å². The first-order valence-corrected chi connectivity index (χ1v) is 11.1. The van der Waals surface area contributed by atoms with E-state index in [1.165, 1.54) is 22.9 Å². The molecule has 28 heavy (non-hydrogen) atoms.